The second-order valence-corrected chi connectivity index (χ2v) is 7.95. The SMILES string of the molecule is CC1(C)OC(=O)N(c2ccc(-n3c(=O)[nH]c4ccccc43)cc2)C1c1ccccc1. The first-order chi connectivity index (χ1) is 14.5. The van der Waals surface area contributed by atoms with Gasteiger partial charge in [-0.3, -0.25) is 9.47 Å². The van der Waals surface area contributed by atoms with E-state index in [0.29, 0.717) is 0 Å². The van der Waals surface area contributed by atoms with E-state index in [0.717, 1.165) is 28.0 Å². The van der Waals surface area contributed by atoms with E-state index in [4.69, 9.17) is 4.74 Å². The van der Waals surface area contributed by atoms with Crippen molar-refractivity contribution < 1.29 is 9.53 Å². The van der Waals surface area contributed by atoms with E-state index in [1.54, 1.807) is 9.47 Å². The molecule has 2 heterocycles. The topological polar surface area (TPSA) is 67.3 Å². The molecule has 30 heavy (non-hydrogen) atoms. The second-order valence-electron chi connectivity index (χ2n) is 7.95. The van der Waals surface area contributed by atoms with Crippen LogP contribution in [0.4, 0.5) is 10.5 Å². The number of hydrogen-bond acceptors (Lipinski definition) is 3. The molecular formula is C24H21N3O3. The molecule has 1 aliphatic heterocycles. The van der Waals surface area contributed by atoms with Crippen LogP contribution in [-0.2, 0) is 4.74 Å². The van der Waals surface area contributed by atoms with Crippen LogP contribution in [0.5, 0.6) is 0 Å². The van der Waals surface area contributed by atoms with Crippen LogP contribution < -0.4 is 10.6 Å². The van der Waals surface area contributed by atoms with Gasteiger partial charge in [-0.05, 0) is 55.8 Å². The van der Waals surface area contributed by atoms with Crippen molar-refractivity contribution in [3.63, 3.8) is 0 Å². The molecule has 1 aliphatic rings. The van der Waals surface area contributed by atoms with Gasteiger partial charge in [-0.25, -0.2) is 9.59 Å². The molecular weight excluding hydrogens is 378 g/mol. The lowest BCUT2D eigenvalue weighted by molar-refractivity contribution is 0.0685. The number of fused-ring (bicyclic) bond motifs is 1. The number of para-hydroxylation sites is 2. The van der Waals surface area contributed by atoms with Crippen molar-refractivity contribution in [2.75, 3.05) is 4.90 Å². The van der Waals surface area contributed by atoms with Crippen molar-refractivity contribution >= 4 is 22.8 Å². The van der Waals surface area contributed by atoms with Gasteiger partial charge in [0.05, 0.1) is 16.7 Å². The molecule has 1 amide bonds. The highest BCUT2D eigenvalue weighted by atomic mass is 16.6. The molecule has 1 fully saturated rings. The Hall–Kier alpha value is -3.80. The summed E-state index contributed by atoms with van der Waals surface area (Å²) >= 11 is 0. The molecule has 0 aliphatic carbocycles. The summed E-state index contributed by atoms with van der Waals surface area (Å²) in [5.74, 6) is 0. The van der Waals surface area contributed by atoms with Crippen LogP contribution in [0.15, 0.2) is 83.7 Å². The molecule has 0 bridgehead atoms. The number of cyclic esters (lactones) is 1. The van der Waals surface area contributed by atoms with Gasteiger partial charge in [0, 0.05) is 5.69 Å². The third-order valence-corrected chi connectivity index (χ3v) is 5.55. The van der Waals surface area contributed by atoms with E-state index in [1.807, 2.05) is 92.7 Å². The fourth-order valence-corrected chi connectivity index (χ4v) is 4.26. The van der Waals surface area contributed by atoms with Crippen LogP contribution in [0.3, 0.4) is 0 Å². The standard InChI is InChI=1S/C24H21N3O3/c1-24(2)21(16-8-4-3-5-9-16)27(23(29)30-24)18-14-12-17(13-15-18)26-20-11-7-6-10-19(20)25-22(26)28/h3-15,21H,1-2H3,(H,25,28). The van der Waals surface area contributed by atoms with E-state index < -0.39 is 5.60 Å². The van der Waals surface area contributed by atoms with Crippen LogP contribution >= 0.6 is 0 Å². The summed E-state index contributed by atoms with van der Waals surface area (Å²) in [7, 11) is 0. The van der Waals surface area contributed by atoms with Crippen molar-refractivity contribution in [1.29, 1.82) is 0 Å². The monoisotopic (exact) mass is 399 g/mol. The van der Waals surface area contributed by atoms with Crippen molar-refractivity contribution in [3.8, 4) is 5.69 Å². The van der Waals surface area contributed by atoms with Crippen molar-refractivity contribution in [3.05, 3.63) is 94.9 Å². The summed E-state index contributed by atoms with van der Waals surface area (Å²) < 4.78 is 7.31. The predicted octanol–water partition coefficient (Wildman–Crippen LogP) is 4.80. The number of amides is 1. The van der Waals surface area contributed by atoms with Gasteiger partial charge in [-0.1, -0.05) is 42.5 Å². The van der Waals surface area contributed by atoms with Crippen LogP contribution in [-0.4, -0.2) is 21.2 Å². The normalized spacial score (nSPS) is 18.0. The van der Waals surface area contributed by atoms with E-state index in [1.165, 1.54) is 0 Å². The minimum Gasteiger partial charge on any atom is -0.441 e. The molecule has 1 atom stereocenters. The Morgan fingerprint density at radius 2 is 1.47 bits per heavy atom. The lowest BCUT2D eigenvalue weighted by Gasteiger charge is -2.29. The summed E-state index contributed by atoms with van der Waals surface area (Å²) in [6, 6.07) is 24.5. The van der Waals surface area contributed by atoms with Gasteiger partial charge < -0.3 is 9.72 Å². The molecule has 1 aromatic heterocycles. The molecule has 6 nitrogen and oxygen atoms in total. The number of nitrogens with one attached hydrogen (secondary N) is 1. The number of imidazole rings is 1. The van der Waals surface area contributed by atoms with E-state index in [9.17, 15) is 9.59 Å². The Morgan fingerprint density at radius 1 is 0.833 bits per heavy atom. The van der Waals surface area contributed by atoms with Gasteiger partial charge in [-0.15, -0.1) is 0 Å². The summed E-state index contributed by atoms with van der Waals surface area (Å²) in [6.45, 7) is 3.84. The van der Waals surface area contributed by atoms with E-state index in [2.05, 4.69) is 4.98 Å². The maximum atomic E-state index is 12.8. The number of benzene rings is 3. The molecule has 1 N–H and O–H groups in total. The van der Waals surface area contributed by atoms with Gasteiger partial charge in [0.1, 0.15) is 11.6 Å². The minimum absolute atomic E-state index is 0.201. The van der Waals surface area contributed by atoms with Gasteiger partial charge >= 0.3 is 11.8 Å². The van der Waals surface area contributed by atoms with Gasteiger partial charge in [0.2, 0.25) is 0 Å². The number of nitrogens with zero attached hydrogens (tertiary/aromatic N) is 2. The number of aromatic nitrogens is 2. The minimum atomic E-state index is -0.676. The zero-order valence-electron chi connectivity index (χ0n) is 16.7. The number of hydrogen-bond donors (Lipinski definition) is 1. The van der Waals surface area contributed by atoms with Crippen LogP contribution in [0.25, 0.3) is 16.7 Å². The number of carbonyl (C=O) groups is 1. The van der Waals surface area contributed by atoms with Crippen LogP contribution in [0.1, 0.15) is 25.5 Å². The molecule has 0 radical (unpaired) electrons. The second kappa shape index (κ2) is 6.62. The van der Waals surface area contributed by atoms with Gasteiger partial charge in [0.25, 0.3) is 0 Å². The van der Waals surface area contributed by atoms with Crippen molar-refractivity contribution in [1.82, 2.24) is 9.55 Å². The maximum Gasteiger partial charge on any atom is 0.415 e. The number of H-pyrrole nitrogens is 1. The van der Waals surface area contributed by atoms with E-state index >= 15 is 0 Å². The Kier molecular flexibility index (Phi) is 4.03. The molecule has 6 heteroatoms. The summed E-state index contributed by atoms with van der Waals surface area (Å²) in [5.41, 5.74) is 3.16. The lowest BCUT2D eigenvalue weighted by atomic mass is 9.91. The molecule has 1 unspecified atom stereocenters. The molecule has 0 saturated carbocycles. The zero-order valence-corrected chi connectivity index (χ0v) is 16.7. The smallest absolute Gasteiger partial charge is 0.415 e. The molecule has 1 saturated heterocycles. The molecule has 5 rings (SSSR count). The largest absolute Gasteiger partial charge is 0.441 e. The predicted molar refractivity (Wildman–Crippen MR) is 116 cm³/mol. The molecule has 4 aromatic rings. The average Bonchev–Trinajstić information content (AvgIpc) is 3.20. The summed E-state index contributed by atoms with van der Waals surface area (Å²) in [4.78, 5) is 29.8. The molecule has 0 spiro atoms. The van der Waals surface area contributed by atoms with Gasteiger partial charge in [-0.2, -0.15) is 0 Å². The van der Waals surface area contributed by atoms with Crippen LogP contribution in [0.2, 0.25) is 0 Å². The lowest BCUT2D eigenvalue weighted by Crippen LogP contribution is -2.33. The quantitative estimate of drug-likeness (QED) is 0.538. The third kappa shape index (κ3) is 2.80. The van der Waals surface area contributed by atoms with Crippen LogP contribution in [0, 0.1) is 0 Å². The zero-order chi connectivity index (χ0) is 20.9. The highest BCUT2D eigenvalue weighted by Gasteiger charge is 2.49. The summed E-state index contributed by atoms with van der Waals surface area (Å²) in [6.07, 6.45) is -0.383. The Morgan fingerprint density at radius 3 is 2.20 bits per heavy atom. The fraction of sp³-hybridized carbons (Fsp3) is 0.167. The first-order valence-electron chi connectivity index (χ1n) is 9.83. The number of aromatic amines is 1. The maximum absolute atomic E-state index is 12.8. The fourth-order valence-electron chi connectivity index (χ4n) is 4.26. The van der Waals surface area contributed by atoms with Gasteiger partial charge in [0.15, 0.2) is 0 Å². The highest BCUT2D eigenvalue weighted by molar-refractivity contribution is 5.92. The van der Waals surface area contributed by atoms with Crippen molar-refractivity contribution in [2.45, 2.75) is 25.5 Å². The third-order valence-electron chi connectivity index (χ3n) is 5.55. The number of ether oxygens (including phenoxy) is 1. The number of rotatable bonds is 3. The Balaban J connectivity index is 1.57. The Labute approximate surface area is 173 Å². The van der Waals surface area contributed by atoms with E-state index in [-0.39, 0.29) is 17.8 Å². The number of carbonyl (C=O) groups excluding carboxylic acids is 1. The van der Waals surface area contributed by atoms with Crippen molar-refractivity contribution in [2.24, 2.45) is 0 Å². The first-order valence-corrected chi connectivity index (χ1v) is 9.83. The first kappa shape index (κ1) is 18.2. The summed E-state index contributed by atoms with van der Waals surface area (Å²) in [5, 5.41) is 0. The molecule has 150 valence electrons. The average molecular weight is 399 g/mol. The Bertz CT molecular complexity index is 1290. The highest BCUT2D eigenvalue weighted by Crippen LogP contribution is 2.43. The molecule has 3 aromatic carbocycles. The number of anilines is 1.